The van der Waals surface area contributed by atoms with Crippen LogP contribution in [0, 0.1) is 0 Å². The Kier molecular flexibility index (Phi) is 45.9. The van der Waals surface area contributed by atoms with E-state index in [9.17, 15) is 19.0 Å². The minimum atomic E-state index is -5.13. The Labute approximate surface area is 394 Å². The van der Waals surface area contributed by atoms with Crippen LogP contribution in [0.5, 0.6) is 0 Å². The van der Waals surface area contributed by atoms with Gasteiger partial charge in [0.15, 0.2) is 0 Å². The van der Waals surface area contributed by atoms with E-state index < -0.39 is 31.0 Å². The maximum absolute atomic E-state index is 14.6. The number of hydrogen-bond donors (Lipinski definition) is 1. The smallest absolute Gasteiger partial charge is 0.374 e. The van der Waals surface area contributed by atoms with E-state index in [4.69, 9.17) is 34.9 Å². The molecule has 0 spiro atoms. The summed E-state index contributed by atoms with van der Waals surface area (Å²) >= 11 is 5.78. The van der Waals surface area contributed by atoms with Crippen LogP contribution < -0.4 is 0 Å². The first kappa shape index (κ1) is 62.3. The van der Waals surface area contributed by atoms with Crippen molar-refractivity contribution in [1.29, 1.82) is 0 Å². The fourth-order valence-electron chi connectivity index (χ4n) is 8.30. The molecule has 0 fully saturated rings. The third-order valence-corrected chi connectivity index (χ3v) is 14.5. The molecule has 0 aromatic rings. The quantitative estimate of drug-likeness (QED) is 0.0361. The Hall–Kier alpha value is -0.700. The summed E-state index contributed by atoms with van der Waals surface area (Å²) in [6.07, 6.45) is 41.9. The van der Waals surface area contributed by atoms with Gasteiger partial charge in [-0.15, -0.1) is 0 Å². The molecule has 3 unspecified atom stereocenters. The van der Waals surface area contributed by atoms with E-state index in [0.29, 0.717) is 25.7 Å². The van der Waals surface area contributed by atoms with E-state index in [-0.39, 0.29) is 26.4 Å². The highest BCUT2D eigenvalue weighted by atomic mass is 35.5. The highest BCUT2D eigenvalue weighted by Crippen LogP contribution is 2.59. The molecule has 63 heavy (non-hydrogen) atoms. The zero-order valence-electron chi connectivity index (χ0n) is 41.7. The molecule has 0 aliphatic rings. The molecule has 376 valence electrons. The summed E-state index contributed by atoms with van der Waals surface area (Å²) in [6, 6.07) is 0. The number of ether oxygens (including phenoxy) is 3. The first-order valence-electron chi connectivity index (χ1n) is 27.0. The number of esters is 1. The molecule has 0 aliphatic heterocycles. The van der Waals surface area contributed by atoms with Crippen molar-refractivity contribution in [2.75, 3.05) is 26.4 Å². The first-order valence-corrected chi connectivity index (χ1v) is 28.9. The minimum Gasteiger partial charge on any atom is -0.464 e. The molecular formula is C52H102ClO9P. The van der Waals surface area contributed by atoms with Gasteiger partial charge < -0.3 is 27.9 Å². The third-order valence-electron chi connectivity index (χ3n) is 12.5. The van der Waals surface area contributed by atoms with Gasteiger partial charge in [-0.3, -0.25) is 4.57 Å². The van der Waals surface area contributed by atoms with Gasteiger partial charge in [0.2, 0.25) is 6.10 Å². The van der Waals surface area contributed by atoms with E-state index in [1.165, 1.54) is 148 Å². The molecule has 0 heterocycles. The van der Waals surface area contributed by atoms with E-state index >= 15 is 0 Å². The topological polar surface area (TPSA) is 118 Å². The van der Waals surface area contributed by atoms with E-state index in [1.807, 2.05) is 0 Å². The van der Waals surface area contributed by atoms with Gasteiger partial charge in [0.25, 0.3) is 0 Å². The van der Waals surface area contributed by atoms with Crippen molar-refractivity contribution in [3.05, 3.63) is 0 Å². The zero-order chi connectivity index (χ0) is 46.4. The maximum Gasteiger partial charge on any atom is 0.374 e. The highest BCUT2D eigenvalue weighted by molar-refractivity contribution is 7.55. The average Bonchev–Trinajstić information content (AvgIpc) is 3.28. The van der Waals surface area contributed by atoms with Crippen LogP contribution in [0.3, 0.4) is 0 Å². The molecule has 0 bridgehead atoms. The number of unbranched alkanes of at least 4 members (excludes halogenated alkanes) is 36. The van der Waals surface area contributed by atoms with Crippen molar-refractivity contribution in [3.63, 3.8) is 0 Å². The maximum atomic E-state index is 14.6. The summed E-state index contributed by atoms with van der Waals surface area (Å²) in [6.45, 7) is 8.87. The molecular weight excluding hydrogens is 835 g/mol. The van der Waals surface area contributed by atoms with Crippen molar-refractivity contribution < 1.29 is 42.1 Å². The van der Waals surface area contributed by atoms with Gasteiger partial charge >= 0.3 is 24.9 Å². The number of halogens is 1. The van der Waals surface area contributed by atoms with Crippen LogP contribution in [-0.4, -0.2) is 54.7 Å². The van der Waals surface area contributed by atoms with Gasteiger partial charge in [-0.2, -0.15) is 0 Å². The largest absolute Gasteiger partial charge is 0.464 e. The van der Waals surface area contributed by atoms with Crippen LogP contribution in [0.1, 0.15) is 285 Å². The second-order valence-electron chi connectivity index (χ2n) is 18.4. The molecule has 0 radical (unpaired) electrons. The second kappa shape index (κ2) is 46.4. The molecule has 3 atom stereocenters. The van der Waals surface area contributed by atoms with Crippen LogP contribution in [-0.2, 0) is 37.2 Å². The highest BCUT2D eigenvalue weighted by Gasteiger charge is 2.67. The monoisotopic (exact) mass is 937 g/mol. The Morgan fingerprint density at radius 2 is 0.730 bits per heavy atom. The lowest BCUT2D eigenvalue weighted by atomic mass is 10.1. The van der Waals surface area contributed by atoms with Crippen LogP contribution in [0.2, 0.25) is 0 Å². The molecule has 0 rings (SSSR count). The predicted octanol–water partition coefficient (Wildman–Crippen LogP) is 17.2. The number of carbonyl (C=O) groups is 2. The predicted molar refractivity (Wildman–Crippen MR) is 264 cm³/mol. The molecule has 0 amide bonds. The molecule has 11 heteroatoms. The molecule has 0 saturated carbocycles. The number of rotatable bonds is 51. The van der Waals surface area contributed by atoms with Crippen LogP contribution in [0.4, 0.5) is 0 Å². The van der Waals surface area contributed by atoms with E-state index in [0.717, 1.165) is 83.5 Å². The molecule has 0 aromatic heterocycles. The normalized spacial score (nSPS) is 14.1. The Morgan fingerprint density at radius 3 is 1.06 bits per heavy atom. The Bertz CT molecular complexity index is 1050. The van der Waals surface area contributed by atoms with Gasteiger partial charge in [-0.05, 0) is 25.7 Å². The molecule has 1 N–H and O–H groups in total. The van der Waals surface area contributed by atoms with Gasteiger partial charge in [-0.1, -0.05) is 259 Å². The second-order valence-corrected chi connectivity index (χ2v) is 20.5. The zero-order valence-corrected chi connectivity index (χ0v) is 43.4. The lowest BCUT2D eigenvalue weighted by molar-refractivity contribution is -0.189. The van der Waals surface area contributed by atoms with Gasteiger partial charge in [0.05, 0.1) is 13.2 Å². The number of carbonyl (C=O) groups excluding carboxylic acids is 2. The lowest BCUT2D eigenvalue weighted by Gasteiger charge is -2.37. The van der Waals surface area contributed by atoms with Crippen LogP contribution >= 0.6 is 19.5 Å². The van der Waals surface area contributed by atoms with Gasteiger partial charge in [0.1, 0.15) is 11.9 Å². The van der Waals surface area contributed by atoms with Crippen molar-refractivity contribution in [2.45, 2.75) is 296 Å². The lowest BCUT2D eigenvalue weighted by Crippen LogP contribution is -2.57. The fraction of sp³-hybridized carbons (Fsp3) is 0.962. The Morgan fingerprint density at radius 1 is 0.444 bits per heavy atom. The van der Waals surface area contributed by atoms with Crippen molar-refractivity contribution >= 4 is 31.4 Å². The van der Waals surface area contributed by atoms with Crippen LogP contribution in [0.15, 0.2) is 0 Å². The minimum absolute atomic E-state index is 0.0614. The summed E-state index contributed by atoms with van der Waals surface area (Å²) in [7, 11) is -5.13. The summed E-state index contributed by atoms with van der Waals surface area (Å²) in [5.74, 6) is -2.32. The SMILES string of the molecule is CCCCCCCCCCCCOC(=O)C(OCCCCCCCCCCCC)C(OCCCCCCCCCCCC)(C(=O)OCl)P(=O)(O)OCCCCCCCCCCCC. The third kappa shape index (κ3) is 33.4. The van der Waals surface area contributed by atoms with E-state index in [1.54, 1.807) is 0 Å². The Balaban J connectivity index is 5.92. The fourth-order valence-corrected chi connectivity index (χ4v) is 10.0. The standard InChI is InChI=1S/C52H102ClO9P/c1-5-9-13-17-21-25-29-33-37-41-45-58-49(50(54)59-46-42-38-34-30-26-22-18-14-10-6-2)52(51(55)62-53,60-47-43-39-35-31-27-23-19-15-11-7-3)63(56,57)61-48-44-40-36-32-28-24-20-16-12-8-4/h49H,5-48H2,1-4H3,(H,56,57). The summed E-state index contributed by atoms with van der Waals surface area (Å²) in [5, 5.41) is -2.85. The summed E-state index contributed by atoms with van der Waals surface area (Å²) in [4.78, 5) is 39.9. The molecule has 0 aromatic carbocycles. The van der Waals surface area contributed by atoms with Crippen molar-refractivity contribution in [3.8, 4) is 0 Å². The molecule has 9 nitrogen and oxygen atoms in total. The van der Waals surface area contributed by atoms with Crippen LogP contribution in [0.25, 0.3) is 0 Å². The molecule has 0 saturated heterocycles. The van der Waals surface area contributed by atoms with Gasteiger partial charge in [0, 0.05) is 13.2 Å². The average molecular weight is 938 g/mol. The summed E-state index contributed by atoms with van der Waals surface area (Å²) in [5.41, 5.74) is 0. The molecule has 0 aliphatic carbocycles. The van der Waals surface area contributed by atoms with Crippen molar-refractivity contribution in [2.24, 2.45) is 0 Å². The van der Waals surface area contributed by atoms with Gasteiger partial charge in [-0.25, -0.2) is 9.59 Å². The number of hydrogen-bond acceptors (Lipinski definition) is 8. The van der Waals surface area contributed by atoms with Crippen molar-refractivity contribution in [1.82, 2.24) is 0 Å². The summed E-state index contributed by atoms with van der Waals surface area (Å²) < 4.78 is 43.2. The van der Waals surface area contributed by atoms with E-state index in [2.05, 4.69) is 27.7 Å². The first-order chi connectivity index (χ1) is 30.8.